The predicted molar refractivity (Wildman–Crippen MR) is 73.8 cm³/mol. The highest BCUT2D eigenvalue weighted by molar-refractivity contribution is 5.26. The van der Waals surface area contributed by atoms with Gasteiger partial charge in [0.2, 0.25) is 0 Å². The lowest BCUT2D eigenvalue weighted by Crippen LogP contribution is -2.21. The Bertz CT molecular complexity index is 421. The van der Waals surface area contributed by atoms with Crippen molar-refractivity contribution in [2.24, 2.45) is 5.92 Å². The van der Waals surface area contributed by atoms with Crippen LogP contribution in [0.25, 0.3) is 0 Å². The molecule has 0 bridgehead atoms. The molecule has 1 aromatic rings. The molecule has 0 heterocycles. The Morgan fingerprint density at radius 3 is 2.58 bits per heavy atom. The molecule has 0 saturated heterocycles. The van der Waals surface area contributed by atoms with Gasteiger partial charge < -0.3 is 9.47 Å². The highest BCUT2D eigenvalue weighted by Gasteiger charge is 2.24. The van der Waals surface area contributed by atoms with Gasteiger partial charge in [-0.3, -0.25) is 0 Å². The van der Waals surface area contributed by atoms with Crippen LogP contribution in [-0.4, -0.2) is 13.2 Å². The van der Waals surface area contributed by atoms with Crippen LogP contribution in [0.3, 0.4) is 0 Å². The largest absolute Gasteiger partial charge is 0.497 e. The van der Waals surface area contributed by atoms with Crippen LogP contribution >= 0.6 is 0 Å². The van der Waals surface area contributed by atoms with Crippen LogP contribution in [0.4, 0.5) is 0 Å². The minimum Gasteiger partial charge on any atom is -0.497 e. The molecule has 0 aliphatic heterocycles. The van der Waals surface area contributed by atoms with Gasteiger partial charge in [-0.05, 0) is 30.5 Å². The number of ether oxygens (including phenoxy) is 2. The molecule has 0 radical (unpaired) electrons. The van der Waals surface area contributed by atoms with Crippen molar-refractivity contribution in [2.75, 3.05) is 7.11 Å². The second-order valence-electron chi connectivity index (χ2n) is 5.07. The molecule has 2 rings (SSSR count). The monoisotopic (exact) mass is 259 g/mol. The summed E-state index contributed by atoms with van der Waals surface area (Å²) in [6.07, 6.45) is 5.62. The number of nitriles is 1. The van der Waals surface area contributed by atoms with Gasteiger partial charge in [0.25, 0.3) is 0 Å². The fourth-order valence-electron chi connectivity index (χ4n) is 2.55. The summed E-state index contributed by atoms with van der Waals surface area (Å²) in [6.45, 7) is 0.576. The fraction of sp³-hybridized carbons (Fsp3) is 0.562. The smallest absolute Gasteiger partial charge is 0.118 e. The Labute approximate surface area is 115 Å². The Morgan fingerprint density at radius 2 is 1.89 bits per heavy atom. The highest BCUT2D eigenvalue weighted by Crippen LogP contribution is 2.26. The molecule has 0 N–H and O–H groups in total. The molecule has 1 aromatic carbocycles. The Kier molecular flexibility index (Phi) is 5.23. The average molecular weight is 259 g/mol. The summed E-state index contributed by atoms with van der Waals surface area (Å²) >= 11 is 0. The van der Waals surface area contributed by atoms with Crippen LogP contribution in [-0.2, 0) is 11.3 Å². The third kappa shape index (κ3) is 3.97. The topological polar surface area (TPSA) is 42.2 Å². The van der Waals surface area contributed by atoms with Crippen LogP contribution in [0, 0.1) is 17.2 Å². The number of hydrogen-bond donors (Lipinski definition) is 0. The second-order valence-corrected chi connectivity index (χ2v) is 5.07. The number of hydrogen-bond acceptors (Lipinski definition) is 3. The van der Waals surface area contributed by atoms with Gasteiger partial charge in [-0.15, -0.1) is 0 Å². The third-order valence-electron chi connectivity index (χ3n) is 3.74. The van der Waals surface area contributed by atoms with Crippen LogP contribution in [0.15, 0.2) is 24.3 Å². The Morgan fingerprint density at radius 1 is 1.16 bits per heavy atom. The minimum atomic E-state index is 0.0562. The molecule has 3 nitrogen and oxygen atoms in total. The summed E-state index contributed by atoms with van der Waals surface area (Å²) < 4.78 is 11.1. The minimum absolute atomic E-state index is 0.0562. The summed E-state index contributed by atoms with van der Waals surface area (Å²) in [5.74, 6) is 0.911. The van der Waals surface area contributed by atoms with Crippen LogP contribution in [0.1, 0.15) is 37.7 Å². The lowest BCUT2D eigenvalue weighted by atomic mass is 9.99. The number of benzene rings is 1. The maximum absolute atomic E-state index is 9.21. The van der Waals surface area contributed by atoms with Crippen LogP contribution < -0.4 is 4.74 Å². The molecular weight excluding hydrogens is 238 g/mol. The SMILES string of the molecule is COc1ccc(COC2CCCCCC2C#N)cc1. The summed E-state index contributed by atoms with van der Waals surface area (Å²) in [5, 5.41) is 9.21. The first-order valence-corrected chi connectivity index (χ1v) is 6.97. The zero-order chi connectivity index (χ0) is 13.5. The molecule has 19 heavy (non-hydrogen) atoms. The number of rotatable bonds is 4. The maximum atomic E-state index is 9.21. The second kappa shape index (κ2) is 7.16. The molecular formula is C16H21NO2. The van der Waals surface area contributed by atoms with Crippen molar-refractivity contribution in [3.63, 3.8) is 0 Å². The molecule has 0 aromatic heterocycles. The van der Waals surface area contributed by atoms with Crippen molar-refractivity contribution in [2.45, 2.75) is 44.8 Å². The average Bonchev–Trinajstić information content (AvgIpc) is 2.70. The van der Waals surface area contributed by atoms with E-state index in [2.05, 4.69) is 6.07 Å². The molecule has 3 heteroatoms. The van der Waals surface area contributed by atoms with Crippen LogP contribution in [0.2, 0.25) is 0 Å². The molecule has 0 amide bonds. The van der Waals surface area contributed by atoms with Gasteiger partial charge in [0.05, 0.1) is 31.8 Å². The van der Waals surface area contributed by atoms with Gasteiger partial charge in [-0.2, -0.15) is 5.26 Å². The van der Waals surface area contributed by atoms with E-state index in [1.165, 1.54) is 12.8 Å². The highest BCUT2D eigenvalue weighted by atomic mass is 16.5. The summed E-state index contributed by atoms with van der Waals surface area (Å²) in [4.78, 5) is 0. The van der Waals surface area contributed by atoms with Gasteiger partial charge in [-0.1, -0.05) is 31.4 Å². The van der Waals surface area contributed by atoms with Gasteiger partial charge >= 0.3 is 0 Å². The van der Waals surface area contributed by atoms with E-state index in [1.807, 2.05) is 24.3 Å². The van der Waals surface area contributed by atoms with E-state index in [0.29, 0.717) is 6.61 Å². The molecule has 0 spiro atoms. The van der Waals surface area contributed by atoms with Crippen molar-refractivity contribution >= 4 is 0 Å². The molecule has 1 aliphatic rings. The zero-order valence-corrected chi connectivity index (χ0v) is 11.5. The van der Waals surface area contributed by atoms with E-state index in [0.717, 1.165) is 30.6 Å². The van der Waals surface area contributed by atoms with Crippen molar-refractivity contribution < 1.29 is 9.47 Å². The first kappa shape index (κ1) is 13.9. The van der Waals surface area contributed by atoms with E-state index in [1.54, 1.807) is 7.11 Å². The molecule has 102 valence electrons. The molecule has 1 fully saturated rings. The number of methoxy groups -OCH3 is 1. The van der Waals surface area contributed by atoms with E-state index >= 15 is 0 Å². The number of nitrogens with zero attached hydrogens (tertiary/aromatic N) is 1. The maximum Gasteiger partial charge on any atom is 0.118 e. The summed E-state index contributed by atoms with van der Waals surface area (Å²) in [7, 11) is 1.66. The van der Waals surface area contributed by atoms with Crippen molar-refractivity contribution in [1.29, 1.82) is 5.26 Å². The van der Waals surface area contributed by atoms with E-state index < -0.39 is 0 Å². The first-order valence-electron chi connectivity index (χ1n) is 6.97. The lowest BCUT2D eigenvalue weighted by Gasteiger charge is -2.20. The van der Waals surface area contributed by atoms with Gasteiger partial charge in [0.1, 0.15) is 5.75 Å². The first-order chi connectivity index (χ1) is 9.33. The normalized spacial score (nSPS) is 23.4. The lowest BCUT2D eigenvalue weighted by molar-refractivity contribution is 0.0115. The van der Waals surface area contributed by atoms with Gasteiger partial charge in [0.15, 0.2) is 0 Å². The van der Waals surface area contributed by atoms with Crippen LogP contribution in [0.5, 0.6) is 5.75 Å². The third-order valence-corrected chi connectivity index (χ3v) is 3.74. The quantitative estimate of drug-likeness (QED) is 0.774. The van der Waals surface area contributed by atoms with Crippen molar-refractivity contribution in [3.8, 4) is 11.8 Å². The van der Waals surface area contributed by atoms with E-state index in [-0.39, 0.29) is 12.0 Å². The zero-order valence-electron chi connectivity index (χ0n) is 11.5. The molecule has 1 aliphatic carbocycles. The fourth-order valence-corrected chi connectivity index (χ4v) is 2.55. The van der Waals surface area contributed by atoms with Crippen molar-refractivity contribution in [3.05, 3.63) is 29.8 Å². The molecule has 2 unspecified atom stereocenters. The standard InChI is InChI=1S/C16H21NO2/c1-18-15-9-7-13(8-10-15)12-19-16-6-4-2-3-5-14(16)11-17/h7-10,14,16H,2-6,12H2,1H3. The molecule has 2 atom stereocenters. The van der Waals surface area contributed by atoms with Gasteiger partial charge in [0, 0.05) is 0 Å². The predicted octanol–water partition coefficient (Wildman–Crippen LogP) is 3.68. The van der Waals surface area contributed by atoms with E-state index in [4.69, 9.17) is 9.47 Å². The van der Waals surface area contributed by atoms with Crippen molar-refractivity contribution in [1.82, 2.24) is 0 Å². The van der Waals surface area contributed by atoms with Gasteiger partial charge in [-0.25, -0.2) is 0 Å². The summed E-state index contributed by atoms with van der Waals surface area (Å²) in [5.41, 5.74) is 1.13. The van der Waals surface area contributed by atoms with E-state index in [9.17, 15) is 5.26 Å². The molecule has 1 saturated carbocycles. The summed E-state index contributed by atoms with van der Waals surface area (Å²) in [6, 6.07) is 10.3. The Hall–Kier alpha value is -1.53. The Balaban J connectivity index is 1.90.